The topological polar surface area (TPSA) is 55.6 Å². The van der Waals surface area contributed by atoms with Crippen LogP contribution in [0.5, 0.6) is 0 Å². The van der Waals surface area contributed by atoms with E-state index < -0.39 is 0 Å². The summed E-state index contributed by atoms with van der Waals surface area (Å²) < 4.78 is 2.05. The molecule has 1 aliphatic heterocycles. The molecule has 1 fully saturated rings. The number of nitrogens with zero attached hydrogens (tertiary/aromatic N) is 4. The molecule has 0 unspecified atom stereocenters. The lowest BCUT2D eigenvalue weighted by atomic mass is 9.96. The first kappa shape index (κ1) is 12.3. The van der Waals surface area contributed by atoms with Crippen LogP contribution in [0, 0.1) is 6.92 Å². The molecule has 3 heterocycles. The summed E-state index contributed by atoms with van der Waals surface area (Å²) in [6, 6.07) is 0. The summed E-state index contributed by atoms with van der Waals surface area (Å²) in [6.45, 7) is 4.11. The van der Waals surface area contributed by atoms with Crippen molar-refractivity contribution in [3.05, 3.63) is 30.1 Å². The molecular formula is C14H19N5. The Kier molecular flexibility index (Phi) is 3.29. The van der Waals surface area contributed by atoms with Gasteiger partial charge < -0.3 is 9.88 Å². The van der Waals surface area contributed by atoms with Gasteiger partial charge in [-0.2, -0.15) is 0 Å². The van der Waals surface area contributed by atoms with Crippen LogP contribution in [0.4, 0.5) is 0 Å². The fourth-order valence-electron chi connectivity index (χ4n) is 2.55. The molecule has 1 saturated heterocycles. The number of aryl methyl sites for hydroxylation is 1. The Hall–Kier alpha value is -1.75. The number of hydrogen-bond acceptors (Lipinski definition) is 4. The van der Waals surface area contributed by atoms with Gasteiger partial charge in [-0.3, -0.25) is 4.98 Å². The summed E-state index contributed by atoms with van der Waals surface area (Å²) >= 11 is 0. The maximum absolute atomic E-state index is 4.78. The van der Waals surface area contributed by atoms with Crippen molar-refractivity contribution in [1.29, 1.82) is 0 Å². The van der Waals surface area contributed by atoms with Gasteiger partial charge in [0.2, 0.25) is 0 Å². The second kappa shape index (κ2) is 5.09. The maximum atomic E-state index is 4.78. The Bertz CT molecular complexity index is 569. The molecule has 0 saturated carbocycles. The van der Waals surface area contributed by atoms with Crippen molar-refractivity contribution < 1.29 is 0 Å². The Balaban J connectivity index is 1.93. The molecule has 0 radical (unpaired) electrons. The van der Waals surface area contributed by atoms with Crippen LogP contribution < -0.4 is 5.32 Å². The average molecular weight is 257 g/mol. The van der Waals surface area contributed by atoms with E-state index in [1.807, 2.05) is 37.1 Å². The van der Waals surface area contributed by atoms with Gasteiger partial charge in [-0.15, -0.1) is 0 Å². The highest BCUT2D eigenvalue weighted by Gasteiger charge is 2.18. The summed E-state index contributed by atoms with van der Waals surface area (Å²) in [5.74, 6) is 1.47. The highest BCUT2D eigenvalue weighted by atomic mass is 15.1. The molecular weight excluding hydrogens is 238 g/mol. The maximum Gasteiger partial charge on any atom is 0.107 e. The molecule has 0 aliphatic carbocycles. The summed E-state index contributed by atoms with van der Waals surface area (Å²) in [5.41, 5.74) is 3.02. The first-order valence-corrected chi connectivity index (χ1v) is 6.77. The minimum absolute atomic E-state index is 0.482. The highest BCUT2D eigenvalue weighted by Crippen LogP contribution is 2.23. The molecule has 2 aromatic rings. The van der Waals surface area contributed by atoms with E-state index in [1.54, 1.807) is 0 Å². The van der Waals surface area contributed by atoms with Gasteiger partial charge in [0.05, 0.1) is 23.8 Å². The molecule has 100 valence electrons. The largest absolute Gasteiger partial charge is 0.330 e. The Morgan fingerprint density at radius 3 is 2.89 bits per heavy atom. The lowest BCUT2D eigenvalue weighted by Crippen LogP contribution is -2.29. The molecule has 0 amide bonds. The molecule has 1 N–H and O–H groups in total. The van der Waals surface area contributed by atoms with Crippen molar-refractivity contribution in [2.24, 2.45) is 7.05 Å². The molecule has 3 rings (SSSR count). The third-order valence-corrected chi connectivity index (χ3v) is 3.85. The van der Waals surface area contributed by atoms with Gasteiger partial charge in [0.25, 0.3) is 0 Å². The molecule has 5 heteroatoms. The summed E-state index contributed by atoms with van der Waals surface area (Å²) in [4.78, 5) is 13.5. The predicted octanol–water partition coefficient (Wildman–Crippen LogP) is 1.65. The van der Waals surface area contributed by atoms with Crippen molar-refractivity contribution in [2.75, 3.05) is 13.1 Å². The van der Waals surface area contributed by atoms with Gasteiger partial charge in [-0.25, -0.2) is 9.97 Å². The van der Waals surface area contributed by atoms with Crippen molar-refractivity contribution in [1.82, 2.24) is 24.8 Å². The zero-order valence-electron chi connectivity index (χ0n) is 11.4. The molecule has 1 aliphatic rings. The van der Waals surface area contributed by atoms with Crippen LogP contribution in [0.1, 0.15) is 30.3 Å². The van der Waals surface area contributed by atoms with Crippen LogP contribution in [0.25, 0.3) is 11.4 Å². The lowest BCUT2D eigenvalue weighted by Gasteiger charge is -2.22. The number of aromatic nitrogens is 4. The van der Waals surface area contributed by atoms with E-state index in [4.69, 9.17) is 4.98 Å². The van der Waals surface area contributed by atoms with E-state index in [1.165, 1.54) is 12.8 Å². The summed E-state index contributed by atoms with van der Waals surface area (Å²) in [6.07, 6.45) is 7.97. The smallest absolute Gasteiger partial charge is 0.107 e. The highest BCUT2D eigenvalue weighted by molar-refractivity contribution is 5.53. The van der Waals surface area contributed by atoms with Gasteiger partial charge in [0.1, 0.15) is 11.5 Å². The minimum atomic E-state index is 0.482. The monoisotopic (exact) mass is 257 g/mol. The second-order valence-electron chi connectivity index (χ2n) is 5.12. The molecule has 1 atom stereocenters. The number of nitrogens with one attached hydrogen (secondary N) is 1. The van der Waals surface area contributed by atoms with E-state index in [2.05, 4.69) is 15.3 Å². The summed E-state index contributed by atoms with van der Waals surface area (Å²) in [7, 11) is 2.01. The van der Waals surface area contributed by atoms with Crippen LogP contribution in [-0.2, 0) is 7.05 Å². The van der Waals surface area contributed by atoms with Crippen LogP contribution in [0.2, 0.25) is 0 Å². The Morgan fingerprint density at radius 1 is 1.32 bits per heavy atom. The van der Waals surface area contributed by atoms with E-state index in [9.17, 15) is 0 Å². The molecule has 0 spiro atoms. The van der Waals surface area contributed by atoms with Crippen LogP contribution in [0.15, 0.2) is 18.6 Å². The van der Waals surface area contributed by atoms with Crippen molar-refractivity contribution in [3.63, 3.8) is 0 Å². The van der Waals surface area contributed by atoms with E-state index in [-0.39, 0.29) is 0 Å². The molecule has 19 heavy (non-hydrogen) atoms. The van der Waals surface area contributed by atoms with Crippen molar-refractivity contribution in [3.8, 4) is 11.4 Å². The van der Waals surface area contributed by atoms with E-state index in [0.29, 0.717) is 5.92 Å². The minimum Gasteiger partial charge on any atom is -0.330 e. The quantitative estimate of drug-likeness (QED) is 0.889. The second-order valence-corrected chi connectivity index (χ2v) is 5.12. The SMILES string of the molecule is Cc1ncc(-c2cncc([C@H]3CCCNC3)n2)n1C. The molecule has 0 aromatic carbocycles. The number of imidazole rings is 1. The third kappa shape index (κ3) is 2.38. The predicted molar refractivity (Wildman–Crippen MR) is 73.8 cm³/mol. The summed E-state index contributed by atoms with van der Waals surface area (Å²) in [5, 5.41) is 3.42. The first-order chi connectivity index (χ1) is 9.25. The number of rotatable bonds is 2. The standard InChI is InChI=1S/C14H19N5/c1-10-17-9-14(19(10)2)13-8-16-7-12(18-13)11-4-3-5-15-6-11/h7-9,11,15H,3-6H2,1-2H3/t11-/m0/s1. The molecule has 2 aromatic heterocycles. The van der Waals surface area contributed by atoms with Crippen LogP contribution in [-0.4, -0.2) is 32.6 Å². The van der Waals surface area contributed by atoms with Gasteiger partial charge in [-0.05, 0) is 26.3 Å². The fraction of sp³-hybridized carbons (Fsp3) is 0.500. The zero-order valence-corrected chi connectivity index (χ0v) is 11.4. The molecule has 0 bridgehead atoms. The zero-order chi connectivity index (χ0) is 13.2. The Labute approximate surface area is 113 Å². The van der Waals surface area contributed by atoms with Crippen molar-refractivity contribution in [2.45, 2.75) is 25.7 Å². The first-order valence-electron chi connectivity index (χ1n) is 6.77. The fourth-order valence-corrected chi connectivity index (χ4v) is 2.55. The van der Waals surface area contributed by atoms with Gasteiger partial charge in [-0.1, -0.05) is 0 Å². The van der Waals surface area contributed by atoms with Gasteiger partial charge in [0.15, 0.2) is 0 Å². The third-order valence-electron chi connectivity index (χ3n) is 3.85. The van der Waals surface area contributed by atoms with Crippen LogP contribution >= 0.6 is 0 Å². The van der Waals surface area contributed by atoms with E-state index in [0.717, 1.165) is 36.0 Å². The molecule has 5 nitrogen and oxygen atoms in total. The lowest BCUT2D eigenvalue weighted by molar-refractivity contribution is 0.454. The normalized spacial score (nSPS) is 19.6. The van der Waals surface area contributed by atoms with Crippen LogP contribution in [0.3, 0.4) is 0 Å². The van der Waals surface area contributed by atoms with E-state index >= 15 is 0 Å². The van der Waals surface area contributed by atoms with Crippen molar-refractivity contribution >= 4 is 0 Å². The average Bonchev–Trinajstić information content (AvgIpc) is 2.80. The van der Waals surface area contributed by atoms with Gasteiger partial charge >= 0.3 is 0 Å². The number of hydrogen-bond donors (Lipinski definition) is 1. The number of piperidine rings is 1. The Morgan fingerprint density at radius 2 is 2.21 bits per heavy atom. The van der Waals surface area contributed by atoms with Gasteiger partial charge in [0, 0.05) is 25.7 Å².